The number of rotatable bonds is 19. The first-order valence-corrected chi connectivity index (χ1v) is 20.1. The molecule has 14 heteroatoms. The summed E-state index contributed by atoms with van der Waals surface area (Å²) < 4.78 is 10.5. The van der Waals surface area contributed by atoms with Crippen LogP contribution in [0.2, 0.25) is 0 Å². The first-order valence-electron chi connectivity index (χ1n) is 20.1. The fourth-order valence-corrected chi connectivity index (χ4v) is 6.76. The Morgan fingerprint density at radius 2 is 1.02 bits per heavy atom. The Morgan fingerprint density at radius 3 is 1.45 bits per heavy atom. The molecule has 4 aromatic rings. The van der Waals surface area contributed by atoms with Gasteiger partial charge in [0.25, 0.3) is 0 Å². The molecule has 6 amide bonds. The van der Waals surface area contributed by atoms with Gasteiger partial charge in [-0.2, -0.15) is 0 Å². The average Bonchev–Trinajstić information content (AvgIpc) is 3.22. The van der Waals surface area contributed by atoms with Gasteiger partial charge in [-0.3, -0.25) is 10.6 Å². The van der Waals surface area contributed by atoms with Crippen molar-refractivity contribution in [3.05, 3.63) is 118 Å². The first-order chi connectivity index (χ1) is 28.2. The number of ether oxygens (including phenoxy) is 2. The van der Waals surface area contributed by atoms with E-state index >= 15 is 0 Å². The summed E-state index contributed by atoms with van der Waals surface area (Å²) in [6, 6.07) is 25.8. The molecule has 1 aliphatic carbocycles. The van der Waals surface area contributed by atoms with Crippen LogP contribution in [-0.2, 0) is 29.0 Å². The van der Waals surface area contributed by atoms with Gasteiger partial charge in [-0.1, -0.05) is 69.0 Å². The normalized spacial score (nSPS) is 11.7. The Balaban J connectivity index is 1.09. The van der Waals surface area contributed by atoms with Crippen LogP contribution in [0.5, 0.6) is 0 Å². The summed E-state index contributed by atoms with van der Waals surface area (Å²) in [6.45, 7) is 3.97. The van der Waals surface area contributed by atoms with Crippen molar-refractivity contribution in [2.45, 2.75) is 77.3 Å². The van der Waals surface area contributed by atoms with E-state index in [0.717, 1.165) is 60.8 Å². The number of anilines is 4. The molecule has 10 N–H and O–H groups in total. The van der Waals surface area contributed by atoms with Crippen molar-refractivity contribution in [2.75, 3.05) is 47.6 Å². The number of carbonyl (C=O) groups excluding carboxylic acids is 4. The van der Waals surface area contributed by atoms with Crippen LogP contribution >= 0.6 is 0 Å². The maximum Gasteiger partial charge on any atom is 0.411 e. The number of carbonyl (C=O) groups is 4. The Morgan fingerprint density at radius 1 is 0.569 bits per heavy atom. The SMILES string of the molecule is CCCCCCC1c2cc(NC(=O)NCCCOC(=O)Nc3ccc(CN)cc3)ccc2Cc2ccc(NC(=O)NCCCOC(=O)Nc3ccc(CN)cc3)cc21. The fourth-order valence-electron chi connectivity index (χ4n) is 6.76. The monoisotopic (exact) mass is 792 g/mol. The predicted molar refractivity (Wildman–Crippen MR) is 228 cm³/mol. The Kier molecular flexibility index (Phi) is 16.7. The molecule has 0 bridgehead atoms. The molecule has 0 fully saturated rings. The van der Waals surface area contributed by atoms with Gasteiger partial charge in [-0.25, -0.2) is 19.2 Å². The van der Waals surface area contributed by atoms with E-state index in [-0.39, 0.29) is 31.2 Å². The summed E-state index contributed by atoms with van der Waals surface area (Å²) in [4.78, 5) is 49.9. The molecule has 0 aromatic heterocycles. The van der Waals surface area contributed by atoms with Gasteiger partial charge in [0.15, 0.2) is 0 Å². The second kappa shape index (κ2) is 22.6. The number of amides is 6. The highest BCUT2D eigenvalue weighted by molar-refractivity contribution is 5.90. The molecule has 0 radical (unpaired) electrons. The summed E-state index contributed by atoms with van der Waals surface area (Å²) in [5.74, 6) is 0.0917. The molecule has 0 aliphatic heterocycles. The second-order valence-electron chi connectivity index (χ2n) is 14.2. The minimum atomic E-state index is -0.566. The smallest absolute Gasteiger partial charge is 0.411 e. The summed E-state index contributed by atoms with van der Waals surface area (Å²) in [7, 11) is 0. The summed E-state index contributed by atoms with van der Waals surface area (Å²) in [6.07, 6.45) is 5.91. The first kappa shape index (κ1) is 43.0. The highest BCUT2D eigenvalue weighted by Gasteiger charge is 2.26. The second-order valence-corrected chi connectivity index (χ2v) is 14.2. The van der Waals surface area contributed by atoms with Crippen molar-refractivity contribution in [1.29, 1.82) is 0 Å². The fraction of sp³-hybridized carbons (Fsp3) is 0.364. The van der Waals surface area contributed by atoms with E-state index in [1.165, 1.54) is 11.1 Å². The molecule has 58 heavy (non-hydrogen) atoms. The zero-order valence-electron chi connectivity index (χ0n) is 33.2. The molecule has 0 atom stereocenters. The molecule has 0 spiro atoms. The third-order valence-corrected chi connectivity index (χ3v) is 9.84. The number of nitrogens with one attached hydrogen (secondary N) is 6. The van der Waals surface area contributed by atoms with Crippen molar-refractivity contribution in [1.82, 2.24) is 10.6 Å². The van der Waals surface area contributed by atoms with E-state index < -0.39 is 12.2 Å². The molecule has 0 unspecified atom stereocenters. The lowest BCUT2D eigenvalue weighted by Crippen LogP contribution is -2.30. The Bertz CT molecular complexity index is 1840. The van der Waals surface area contributed by atoms with Crippen molar-refractivity contribution in [3.8, 4) is 0 Å². The molecule has 0 saturated heterocycles. The molecule has 4 aromatic carbocycles. The zero-order valence-corrected chi connectivity index (χ0v) is 33.2. The molecule has 0 saturated carbocycles. The van der Waals surface area contributed by atoms with Crippen molar-refractivity contribution >= 4 is 47.0 Å². The minimum absolute atomic E-state index is 0.0917. The third kappa shape index (κ3) is 13.5. The number of fused-ring (bicyclic) bond motifs is 2. The van der Waals surface area contributed by atoms with Crippen LogP contribution in [0.1, 0.15) is 91.2 Å². The molecule has 5 rings (SSSR count). The lowest BCUT2D eigenvalue weighted by molar-refractivity contribution is 0.159. The van der Waals surface area contributed by atoms with Crippen molar-refractivity contribution < 1.29 is 28.7 Å². The van der Waals surface area contributed by atoms with Crippen LogP contribution in [0.15, 0.2) is 84.9 Å². The van der Waals surface area contributed by atoms with Crippen LogP contribution in [0, 0.1) is 0 Å². The topological polar surface area (TPSA) is 211 Å². The lowest BCUT2D eigenvalue weighted by atomic mass is 9.75. The maximum absolute atomic E-state index is 12.8. The van der Waals surface area contributed by atoms with E-state index in [0.29, 0.717) is 61.8 Å². The molecule has 14 nitrogen and oxygen atoms in total. The quantitative estimate of drug-likeness (QED) is 0.0434. The highest BCUT2D eigenvalue weighted by Crippen LogP contribution is 2.42. The molecular weight excluding hydrogens is 737 g/mol. The zero-order chi connectivity index (χ0) is 41.1. The van der Waals surface area contributed by atoms with E-state index in [4.69, 9.17) is 20.9 Å². The van der Waals surface area contributed by atoms with Crippen LogP contribution in [0.4, 0.5) is 41.9 Å². The van der Waals surface area contributed by atoms with Gasteiger partial charge in [-0.05, 0) is 108 Å². The van der Waals surface area contributed by atoms with E-state index in [1.807, 2.05) is 36.4 Å². The summed E-state index contributed by atoms with van der Waals surface area (Å²) in [5.41, 5.74) is 20.5. The van der Waals surface area contributed by atoms with Gasteiger partial charge >= 0.3 is 24.2 Å². The maximum atomic E-state index is 12.8. The number of urea groups is 2. The molecular formula is C44H56N8O6. The number of benzene rings is 4. The summed E-state index contributed by atoms with van der Waals surface area (Å²) in [5, 5.41) is 16.9. The Labute approximate surface area is 340 Å². The van der Waals surface area contributed by atoms with Crippen LogP contribution in [0.25, 0.3) is 0 Å². The van der Waals surface area contributed by atoms with Gasteiger partial charge in [-0.15, -0.1) is 0 Å². The number of hydrogen-bond acceptors (Lipinski definition) is 8. The Hall–Kier alpha value is -6.12. The minimum Gasteiger partial charge on any atom is -0.449 e. The highest BCUT2D eigenvalue weighted by atomic mass is 16.6. The van der Waals surface area contributed by atoms with E-state index in [1.54, 1.807) is 24.3 Å². The van der Waals surface area contributed by atoms with Crippen LogP contribution in [-0.4, -0.2) is 50.6 Å². The van der Waals surface area contributed by atoms with Gasteiger partial charge in [0.1, 0.15) is 0 Å². The van der Waals surface area contributed by atoms with Gasteiger partial charge < -0.3 is 42.2 Å². The number of hydrogen-bond donors (Lipinski definition) is 8. The van der Waals surface area contributed by atoms with Gasteiger partial charge in [0, 0.05) is 54.8 Å². The van der Waals surface area contributed by atoms with Gasteiger partial charge in [0.2, 0.25) is 0 Å². The van der Waals surface area contributed by atoms with Gasteiger partial charge in [0.05, 0.1) is 13.2 Å². The lowest BCUT2D eigenvalue weighted by Gasteiger charge is -2.30. The average molecular weight is 793 g/mol. The third-order valence-electron chi connectivity index (χ3n) is 9.84. The number of unbranched alkanes of at least 4 members (excludes halogenated alkanes) is 3. The molecule has 1 aliphatic rings. The standard InChI is InChI=1S/C44H56N8O6/c1-2-3-4-5-8-38-39-26-36(49-41(53)47-21-6-23-57-43(55)51-34-15-9-30(28-45)10-16-34)19-13-32(39)25-33-14-20-37(27-40(33)38)50-42(54)48-22-7-24-58-44(56)52-35-17-11-31(29-46)12-18-35/h9-20,26-27,38H,2-8,21-25,28-29,45-46H2,1H3,(H,51,55)(H,52,56)(H2,47,49,53)(H2,48,50,54). The van der Waals surface area contributed by atoms with E-state index in [2.05, 4.69) is 63.1 Å². The van der Waals surface area contributed by atoms with E-state index in [9.17, 15) is 19.2 Å². The predicted octanol–water partition coefficient (Wildman–Crippen LogP) is 8.13. The van der Waals surface area contributed by atoms with Crippen molar-refractivity contribution in [3.63, 3.8) is 0 Å². The van der Waals surface area contributed by atoms with Crippen LogP contribution < -0.4 is 43.4 Å². The summed E-state index contributed by atoms with van der Waals surface area (Å²) >= 11 is 0. The number of nitrogens with two attached hydrogens (primary N) is 2. The van der Waals surface area contributed by atoms with Crippen molar-refractivity contribution in [2.24, 2.45) is 11.5 Å². The molecule has 0 heterocycles. The van der Waals surface area contributed by atoms with Crippen LogP contribution in [0.3, 0.4) is 0 Å². The molecule has 308 valence electrons. The largest absolute Gasteiger partial charge is 0.449 e.